The topological polar surface area (TPSA) is 72.3 Å². The number of nitrogens with zero attached hydrogens (tertiary/aromatic N) is 2. The maximum atomic E-state index is 10.7. The Morgan fingerprint density at radius 3 is 2.65 bits per heavy atom. The first-order chi connectivity index (χ1) is 9.52. The third kappa shape index (κ3) is 2.77. The number of hydrogen-bond donors (Lipinski definition) is 1. The SMILES string of the molecule is COc1ccc(-c2ccnc(CC(=O)O)n2)c(C)c1C. The third-order valence-electron chi connectivity index (χ3n) is 3.25. The molecule has 0 unspecified atom stereocenters. The van der Waals surface area contributed by atoms with Crippen molar-refractivity contribution in [2.24, 2.45) is 0 Å². The number of carboxylic acids is 1. The molecule has 20 heavy (non-hydrogen) atoms. The molecule has 2 aromatic rings. The van der Waals surface area contributed by atoms with E-state index in [1.54, 1.807) is 19.4 Å². The number of carboxylic acid groups (broad SMARTS) is 1. The van der Waals surface area contributed by atoms with Crippen molar-refractivity contribution in [2.45, 2.75) is 20.3 Å². The normalized spacial score (nSPS) is 10.3. The van der Waals surface area contributed by atoms with E-state index in [1.165, 1.54) is 0 Å². The molecule has 0 saturated heterocycles. The molecule has 0 amide bonds. The standard InChI is InChI=1S/C15H16N2O3/c1-9-10(2)13(20-3)5-4-11(9)12-6-7-16-14(17-12)8-15(18)19/h4-7H,8H2,1-3H3,(H,18,19). The van der Waals surface area contributed by atoms with E-state index in [1.807, 2.05) is 26.0 Å². The second-order valence-corrected chi connectivity index (χ2v) is 4.49. The number of rotatable bonds is 4. The summed E-state index contributed by atoms with van der Waals surface area (Å²) in [6, 6.07) is 5.59. The van der Waals surface area contributed by atoms with Gasteiger partial charge in [-0.2, -0.15) is 0 Å². The van der Waals surface area contributed by atoms with E-state index in [-0.39, 0.29) is 6.42 Å². The highest BCUT2D eigenvalue weighted by atomic mass is 16.5. The van der Waals surface area contributed by atoms with E-state index >= 15 is 0 Å². The van der Waals surface area contributed by atoms with Crippen molar-refractivity contribution in [3.63, 3.8) is 0 Å². The first kappa shape index (κ1) is 14.0. The molecule has 1 aromatic carbocycles. The second kappa shape index (κ2) is 5.69. The Morgan fingerprint density at radius 2 is 2.00 bits per heavy atom. The minimum atomic E-state index is -0.940. The Balaban J connectivity index is 2.46. The molecule has 0 spiro atoms. The first-order valence-electron chi connectivity index (χ1n) is 6.21. The highest BCUT2D eigenvalue weighted by molar-refractivity contribution is 5.70. The summed E-state index contributed by atoms with van der Waals surface area (Å²) in [4.78, 5) is 19.0. The first-order valence-corrected chi connectivity index (χ1v) is 6.21. The van der Waals surface area contributed by atoms with Crippen LogP contribution >= 0.6 is 0 Å². The fraction of sp³-hybridized carbons (Fsp3) is 0.267. The maximum absolute atomic E-state index is 10.7. The van der Waals surface area contributed by atoms with Gasteiger partial charge in [0, 0.05) is 11.8 Å². The van der Waals surface area contributed by atoms with Crippen LogP contribution in [0.3, 0.4) is 0 Å². The lowest BCUT2D eigenvalue weighted by molar-refractivity contribution is -0.136. The van der Waals surface area contributed by atoms with Crippen LogP contribution in [0.15, 0.2) is 24.4 Å². The van der Waals surface area contributed by atoms with Gasteiger partial charge in [0.15, 0.2) is 0 Å². The molecule has 0 aliphatic heterocycles. The van der Waals surface area contributed by atoms with Crippen LogP contribution in [-0.2, 0) is 11.2 Å². The number of methoxy groups -OCH3 is 1. The van der Waals surface area contributed by atoms with Crippen molar-refractivity contribution < 1.29 is 14.6 Å². The van der Waals surface area contributed by atoms with Gasteiger partial charge in [0.05, 0.1) is 12.8 Å². The zero-order chi connectivity index (χ0) is 14.7. The minimum Gasteiger partial charge on any atom is -0.496 e. The molecule has 0 bridgehead atoms. The highest BCUT2D eigenvalue weighted by Gasteiger charge is 2.11. The molecular weight excluding hydrogens is 256 g/mol. The van der Waals surface area contributed by atoms with E-state index in [0.29, 0.717) is 5.82 Å². The van der Waals surface area contributed by atoms with Gasteiger partial charge >= 0.3 is 5.97 Å². The van der Waals surface area contributed by atoms with Crippen molar-refractivity contribution in [3.8, 4) is 17.0 Å². The lowest BCUT2D eigenvalue weighted by atomic mass is 10.00. The smallest absolute Gasteiger partial charge is 0.311 e. The van der Waals surface area contributed by atoms with E-state index in [2.05, 4.69) is 9.97 Å². The summed E-state index contributed by atoms with van der Waals surface area (Å²) in [6.07, 6.45) is 1.40. The zero-order valence-electron chi connectivity index (χ0n) is 11.7. The maximum Gasteiger partial charge on any atom is 0.311 e. The van der Waals surface area contributed by atoms with Crippen LogP contribution in [0.4, 0.5) is 0 Å². The lowest BCUT2D eigenvalue weighted by Gasteiger charge is -2.12. The summed E-state index contributed by atoms with van der Waals surface area (Å²) in [6.45, 7) is 3.98. The van der Waals surface area contributed by atoms with E-state index < -0.39 is 5.97 Å². The molecule has 1 aromatic heterocycles. The van der Waals surface area contributed by atoms with Crippen molar-refractivity contribution in [2.75, 3.05) is 7.11 Å². The monoisotopic (exact) mass is 272 g/mol. The third-order valence-corrected chi connectivity index (χ3v) is 3.25. The molecule has 0 radical (unpaired) electrons. The summed E-state index contributed by atoms with van der Waals surface area (Å²) >= 11 is 0. The Bertz CT molecular complexity index is 654. The zero-order valence-corrected chi connectivity index (χ0v) is 11.7. The Morgan fingerprint density at radius 1 is 1.25 bits per heavy atom. The number of aliphatic carboxylic acids is 1. The average molecular weight is 272 g/mol. The lowest BCUT2D eigenvalue weighted by Crippen LogP contribution is -2.05. The van der Waals surface area contributed by atoms with Crippen LogP contribution in [0.2, 0.25) is 0 Å². The molecule has 0 saturated carbocycles. The highest BCUT2D eigenvalue weighted by Crippen LogP contribution is 2.29. The fourth-order valence-corrected chi connectivity index (χ4v) is 2.06. The number of aromatic nitrogens is 2. The Kier molecular flexibility index (Phi) is 3.98. The molecule has 104 valence electrons. The molecule has 0 atom stereocenters. The van der Waals surface area contributed by atoms with E-state index in [9.17, 15) is 4.79 Å². The van der Waals surface area contributed by atoms with Gasteiger partial charge in [-0.05, 0) is 43.2 Å². The van der Waals surface area contributed by atoms with Gasteiger partial charge in [-0.25, -0.2) is 9.97 Å². The Hall–Kier alpha value is -2.43. The second-order valence-electron chi connectivity index (χ2n) is 4.49. The molecule has 0 aliphatic carbocycles. The van der Waals surface area contributed by atoms with Gasteiger partial charge in [-0.1, -0.05) is 0 Å². The molecule has 1 N–H and O–H groups in total. The predicted octanol–water partition coefficient (Wildman–Crippen LogP) is 2.40. The van der Waals surface area contributed by atoms with Gasteiger partial charge in [-0.15, -0.1) is 0 Å². The van der Waals surface area contributed by atoms with Gasteiger partial charge < -0.3 is 9.84 Å². The van der Waals surface area contributed by atoms with Gasteiger partial charge in [0.2, 0.25) is 0 Å². The van der Waals surface area contributed by atoms with Crippen LogP contribution in [-0.4, -0.2) is 28.2 Å². The van der Waals surface area contributed by atoms with Crippen LogP contribution < -0.4 is 4.74 Å². The number of ether oxygens (including phenoxy) is 1. The van der Waals surface area contributed by atoms with Crippen LogP contribution in [0.5, 0.6) is 5.75 Å². The largest absolute Gasteiger partial charge is 0.496 e. The van der Waals surface area contributed by atoms with Crippen molar-refractivity contribution in [3.05, 3.63) is 41.3 Å². The van der Waals surface area contributed by atoms with Crippen LogP contribution in [0.1, 0.15) is 17.0 Å². The van der Waals surface area contributed by atoms with Crippen molar-refractivity contribution in [1.82, 2.24) is 9.97 Å². The molecule has 0 fully saturated rings. The van der Waals surface area contributed by atoms with E-state index in [4.69, 9.17) is 9.84 Å². The predicted molar refractivity (Wildman–Crippen MR) is 74.8 cm³/mol. The number of carbonyl (C=O) groups is 1. The van der Waals surface area contributed by atoms with Gasteiger partial charge in [-0.3, -0.25) is 4.79 Å². The quantitative estimate of drug-likeness (QED) is 0.925. The summed E-state index contributed by atoms with van der Waals surface area (Å²) < 4.78 is 5.28. The minimum absolute atomic E-state index is 0.179. The number of hydrogen-bond acceptors (Lipinski definition) is 4. The number of benzene rings is 1. The summed E-state index contributed by atoms with van der Waals surface area (Å²) in [5.74, 6) is 0.193. The Labute approximate surface area is 117 Å². The van der Waals surface area contributed by atoms with Crippen molar-refractivity contribution in [1.29, 1.82) is 0 Å². The molecule has 0 aliphatic rings. The van der Waals surface area contributed by atoms with Crippen LogP contribution in [0.25, 0.3) is 11.3 Å². The van der Waals surface area contributed by atoms with Gasteiger partial charge in [0.1, 0.15) is 18.0 Å². The van der Waals surface area contributed by atoms with E-state index in [0.717, 1.165) is 28.1 Å². The summed E-state index contributed by atoms with van der Waals surface area (Å²) in [5, 5.41) is 8.80. The fourth-order valence-electron chi connectivity index (χ4n) is 2.06. The van der Waals surface area contributed by atoms with Crippen LogP contribution in [0, 0.1) is 13.8 Å². The van der Waals surface area contributed by atoms with Crippen molar-refractivity contribution >= 4 is 5.97 Å². The van der Waals surface area contributed by atoms with Gasteiger partial charge in [0.25, 0.3) is 0 Å². The summed E-state index contributed by atoms with van der Waals surface area (Å²) in [7, 11) is 1.64. The summed E-state index contributed by atoms with van der Waals surface area (Å²) in [5.41, 5.74) is 3.78. The molecule has 5 heteroatoms. The molecular formula is C15H16N2O3. The molecule has 2 rings (SSSR count). The molecule has 1 heterocycles. The average Bonchev–Trinajstić information content (AvgIpc) is 2.41. The molecule has 5 nitrogen and oxygen atoms in total.